The van der Waals surface area contributed by atoms with Gasteiger partial charge in [-0.25, -0.2) is 0 Å². The molecule has 0 aliphatic heterocycles. The zero-order chi connectivity index (χ0) is 21.2. The number of carbonyl (C=O) groups excluding carboxylic acids is 1. The van der Waals surface area contributed by atoms with Gasteiger partial charge >= 0.3 is 6.61 Å². The molecule has 0 aliphatic rings. The van der Waals surface area contributed by atoms with Crippen LogP contribution in [0.4, 0.5) is 14.5 Å². The second kappa shape index (κ2) is 11.0. The Balaban J connectivity index is 1.95. The second-order valence-corrected chi connectivity index (χ2v) is 6.00. The van der Waals surface area contributed by atoms with E-state index in [0.29, 0.717) is 5.56 Å². The third-order valence-electron chi connectivity index (χ3n) is 4.14. The molecule has 0 unspecified atom stereocenters. The number of benzene rings is 2. The van der Waals surface area contributed by atoms with Crippen molar-refractivity contribution in [3.63, 3.8) is 0 Å². The molecule has 0 bridgehead atoms. The van der Waals surface area contributed by atoms with Gasteiger partial charge in [-0.1, -0.05) is 37.2 Å². The van der Waals surface area contributed by atoms with E-state index in [1.807, 2.05) is 32.0 Å². The molecule has 0 aromatic heterocycles. The van der Waals surface area contributed by atoms with Crippen LogP contribution in [0.1, 0.15) is 30.5 Å². The summed E-state index contributed by atoms with van der Waals surface area (Å²) < 4.78 is 34.1. The lowest BCUT2D eigenvalue weighted by molar-refractivity contribution is -0.120. The Kier molecular flexibility index (Phi) is 8.39. The number of carbonyl (C=O) groups is 1. The van der Waals surface area contributed by atoms with Crippen molar-refractivity contribution in [1.82, 2.24) is 0 Å². The van der Waals surface area contributed by atoms with Gasteiger partial charge in [-0.3, -0.25) is 4.79 Å². The molecule has 0 radical (unpaired) electrons. The van der Waals surface area contributed by atoms with Gasteiger partial charge < -0.3 is 19.6 Å². The van der Waals surface area contributed by atoms with Crippen molar-refractivity contribution < 1.29 is 27.9 Å². The van der Waals surface area contributed by atoms with E-state index >= 15 is 0 Å². The maximum atomic E-state index is 12.4. The number of hydrogen-bond donors (Lipinski definition) is 1. The van der Waals surface area contributed by atoms with Crippen LogP contribution in [-0.2, 0) is 22.5 Å². The number of aryl methyl sites for hydroxylation is 2. The summed E-state index contributed by atoms with van der Waals surface area (Å²) in [5.41, 5.74) is 3.46. The minimum atomic E-state index is -2.95. The van der Waals surface area contributed by atoms with E-state index in [2.05, 4.69) is 15.2 Å². The van der Waals surface area contributed by atoms with Crippen LogP contribution in [0.3, 0.4) is 0 Å². The van der Waals surface area contributed by atoms with Crippen molar-refractivity contribution in [2.24, 2.45) is 5.16 Å². The van der Waals surface area contributed by atoms with Gasteiger partial charge in [-0.2, -0.15) is 8.78 Å². The number of oxime groups is 1. The summed E-state index contributed by atoms with van der Waals surface area (Å²) in [7, 11) is 1.34. The Morgan fingerprint density at radius 1 is 1.14 bits per heavy atom. The van der Waals surface area contributed by atoms with Crippen LogP contribution < -0.4 is 14.8 Å². The number of rotatable bonds is 10. The number of anilines is 1. The summed E-state index contributed by atoms with van der Waals surface area (Å²) >= 11 is 0. The maximum absolute atomic E-state index is 12.4. The molecule has 1 N–H and O–H groups in total. The van der Waals surface area contributed by atoms with Crippen molar-refractivity contribution in [1.29, 1.82) is 0 Å². The van der Waals surface area contributed by atoms with Crippen LogP contribution in [-0.4, -0.2) is 32.4 Å². The highest BCUT2D eigenvalue weighted by atomic mass is 19.3. The van der Waals surface area contributed by atoms with Gasteiger partial charge in [0.1, 0.15) is 0 Å². The fourth-order valence-electron chi connectivity index (χ4n) is 2.73. The zero-order valence-corrected chi connectivity index (χ0v) is 16.6. The lowest BCUT2D eigenvalue weighted by Gasteiger charge is -2.13. The minimum absolute atomic E-state index is 0.0822. The highest BCUT2D eigenvalue weighted by molar-refractivity contribution is 5.93. The molecule has 2 rings (SSSR count). The van der Waals surface area contributed by atoms with E-state index in [4.69, 9.17) is 9.57 Å². The quantitative estimate of drug-likeness (QED) is 0.469. The van der Waals surface area contributed by atoms with Crippen molar-refractivity contribution >= 4 is 17.8 Å². The number of nitrogens with zero attached hydrogens (tertiary/aromatic N) is 1. The number of hydrogen-bond acceptors (Lipinski definition) is 5. The lowest BCUT2D eigenvalue weighted by Crippen LogP contribution is -2.19. The largest absolute Gasteiger partial charge is 0.493 e. The van der Waals surface area contributed by atoms with Crippen LogP contribution in [0.5, 0.6) is 11.5 Å². The van der Waals surface area contributed by atoms with Gasteiger partial charge in [0.15, 0.2) is 18.1 Å². The summed E-state index contributed by atoms with van der Waals surface area (Å²) in [4.78, 5) is 17.2. The molecule has 0 spiro atoms. The van der Waals surface area contributed by atoms with Crippen molar-refractivity contribution in [2.75, 3.05) is 19.0 Å². The average Bonchev–Trinajstić information content (AvgIpc) is 2.71. The molecule has 8 heteroatoms. The Labute approximate surface area is 168 Å². The Bertz CT molecular complexity index is 834. The van der Waals surface area contributed by atoms with Gasteiger partial charge in [0.05, 0.1) is 13.3 Å². The first-order valence-corrected chi connectivity index (χ1v) is 9.17. The highest BCUT2D eigenvalue weighted by Crippen LogP contribution is 2.29. The minimum Gasteiger partial charge on any atom is -0.493 e. The third kappa shape index (κ3) is 6.44. The number of halogens is 2. The predicted octanol–water partition coefficient (Wildman–Crippen LogP) is 4.41. The highest BCUT2D eigenvalue weighted by Gasteiger charge is 2.11. The third-order valence-corrected chi connectivity index (χ3v) is 4.14. The topological polar surface area (TPSA) is 69.2 Å². The molecule has 6 nitrogen and oxygen atoms in total. The first-order chi connectivity index (χ1) is 14.0. The van der Waals surface area contributed by atoms with Crippen molar-refractivity contribution in [3.8, 4) is 11.5 Å². The van der Waals surface area contributed by atoms with E-state index in [1.54, 1.807) is 0 Å². The van der Waals surface area contributed by atoms with Gasteiger partial charge in [-0.15, -0.1) is 0 Å². The molecular weight excluding hydrogens is 382 g/mol. The van der Waals surface area contributed by atoms with Crippen LogP contribution in [0.15, 0.2) is 41.6 Å². The molecule has 0 fully saturated rings. The smallest absolute Gasteiger partial charge is 0.387 e. The number of amides is 1. The monoisotopic (exact) mass is 406 g/mol. The number of ether oxygens (including phenoxy) is 2. The summed E-state index contributed by atoms with van der Waals surface area (Å²) in [6.07, 6.45) is 2.95. The second-order valence-electron chi connectivity index (χ2n) is 6.00. The van der Waals surface area contributed by atoms with E-state index < -0.39 is 6.61 Å². The molecule has 156 valence electrons. The van der Waals surface area contributed by atoms with E-state index in [9.17, 15) is 13.6 Å². The summed E-state index contributed by atoms with van der Waals surface area (Å²) in [6.45, 7) is 0.840. The zero-order valence-electron chi connectivity index (χ0n) is 16.6. The maximum Gasteiger partial charge on any atom is 0.387 e. The molecule has 0 aliphatic carbocycles. The standard InChI is InChI=1S/C21H24F2N2O4/c1-4-15-7-6-8-16(5-2)20(15)25-19(26)13-28-24-12-14-9-10-17(29-21(22)23)18(11-14)27-3/h6-12,21H,4-5,13H2,1-3H3,(H,25,26)/b24-12-. The molecule has 0 saturated carbocycles. The van der Waals surface area contributed by atoms with Gasteiger partial charge in [0.2, 0.25) is 0 Å². The first-order valence-electron chi connectivity index (χ1n) is 9.17. The first kappa shape index (κ1) is 22.1. The number of para-hydroxylation sites is 1. The fraction of sp³-hybridized carbons (Fsp3) is 0.333. The summed E-state index contributed by atoms with van der Waals surface area (Å²) in [5, 5.41) is 6.62. The molecule has 0 atom stereocenters. The summed E-state index contributed by atoms with van der Waals surface area (Å²) in [5.74, 6) is -0.271. The molecule has 1 amide bonds. The molecule has 2 aromatic rings. The van der Waals surface area contributed by atoms with Gasteiger partial charge in [0.25, 0.3) is 5.91 Å². The molecule has 29 heavy (non-hydrogen) atoms. The number of methoxy groups -OCH3 is 1. The van der Waals surface area contributed by atoms with Crippen LogP contribution in [0.25, 0.3) is 0 Å². The lowest BCUT2D eigenvalue weighted by atomic mass is 10.0. The average molecular weight is 406 g/mol. The Morgan fingerprint density at radius 3 is 2.41 bits per heavy atom. The normalized spacial score (nSPS) is 11.0. The predicted molar refractivity (Wildman–Crippen MR) is 107 cm³/mol. The van der Waals surface area contributed by atoms with Crippen LogP contribution >= 0.6 is 0 Å². The number of alkyl halides is 2. The number of nitrogens with one attached hydrogen (secondary N) is 1. The molecular formula is C21H24F2N2O4. The Hall–Kier alpha value is -3.16. The Morgan fingerprint density at radius 2 is 1.83 bits per heavy atom. The van der Waals surface area contributed by atoms with E-state index in [1.165, 1.54) is 31.5 Å². The van der Waals surface area contributed by atoms with Crippen LogP contribution in [0.2, 0.25) is 0 Å². The molecule has 0 saturated heterocycles. The summed E-state index contributed by atoms with van der Waals surface area (Å²) in [6, 6.07) is 10.2. The molecule has 0 heterocycles. The van der Waals surface area contributed by atoms with Crippen molar-refractivity contribution in [3.05, 3.63) is 53.1 Å². The van der Waals surface area contributed by atoms with Gasteiger partial charge in [-0.05, 0) is 42.2 Å². The SMILES string of the molecule is CCc1cccc(CC)c1NC(=O)CO/N=C\c1ccc(OC(F)F)c(OC)c1. The fourth-order valence-corrected chi connectivity index (χ4v) is 2.73. The van der Waals surface area contributed by atoms with Crippen molar-refractivity contribution in [2.45, 2.75) is 33.3 Å². The van der Waals surface area contributed by atoms with Crippen LogP contribution in [0, 0.1) is 0 Å². The molecule has 2 aromatic carbocycles. The van der Waals surface area contributed by atoms with E-state index in [0.717, 1.165) is 29.7 Å². The van der Waals surface area contributed by atoms with E-state index in [-0.39, 0.29) is 24.0 Å². The van der Waals surface area contributed by atoms with Gasteiger partial charge in [0, 0.05) is 11.3 Å².